The highest BCUT2D eigenvalue weighted by Gasteiger charge is 1.97. The van der Waals surface area contributed by atoms with Crippen LogP contribution in [0, 0.1) is 6.92 Å². The zero-order valence-electron chi connectivity index (χ0n) is 10.9. The highest BCUT2D eigenvalue weighted by Crippen LogP contribution is 2.07. The number of carbonyl (C=O) groups excluding carboxylic acids is 2. The van der Waals surface area contributed by atoms with Crippen LogP contribution in [0.15, 0.2) is 48.6 Å². The topological polar surface area (TPSA) is 54.4 Å². The Bertz CT molecular complexity index is 389. The Morgan fingerprint density at radius 3 is 1.56 bits per heavy atom. The van der Waals surface area contributed by atoms with E-state index in [0.29, 0.717) is 5.75 Å². The number of phenols is 1. The van der Waals surface area contributed by atoms with Gasteiger partial charge in [0.05, 0.1) is 0 Å². The molecule has 0 spiro atoms. The van der Waals surface area contributed by atoms with E-state index in [0.717, 1.165) is 0 Å². The Balaban J connectivity index is 0. The summed E-state index contributed by atoms with van der Waals surface area (Å²) >= 11 is 0. The molecule has 3 heteroatoms. The van der Waals surface area contributed by atoms with E-state index < -0.39 is 0 Å². The van der Waals surface area contributed by atoms with Crippen molar-refractivity contribution < 1.29 is 17.5 Å². The lowest BCUT2D eigenvalue weighted by Crippen LogP contribution is -1.97. The molecule has 1 N–H and O–H groups in total. The molecular formula is C13H14O3+2. The van der Waals surface area contributed by atoms with Crippen LogP contribution in [0.2, 0.25) is 0 Å². The van der Waals surface area contributed by atoms with Gasteiger partial charge in [-0.25, -0.2) is 0 Å². The van der Waals surface area contributed by atoms with E-state index in [1.54, 1.807) is 12.1 Å². The Labute approximate surface area is 96.7 Å². The maximum atomic E-state index is 10.3. The van der Waals surface area contributed by atoms with Crippen LogP contribution in [-0.4, -0.2) is 16.7 Å². The number of rotatable bonds is 0. The van der Waals surface area contributed by atoms with E-state index in [9.17, 15) is 9.59 Å². The van der Waals surface area contributed by atoms with Crippen LogP contribution in [0.3, 0.4) is 0 Å². The zero-order chi connectivity index (χ0) is 12.0. The predicted molar refractivity (Wildman–Crippen MR) is 63.4 cm³/mol. The Hall–Kier alpha value is -2.16. The first-order valence-electron chi connectivity index (χ1n) is 4.77. The molecule has 1 aromatic rings. The maximum absolute atomic E-state index is 10.3. The van der Waals surface area contributed by atoms with Crippen molar-refractivity contribution in [2.24, 2.45) is 0 Å². The quantitative estimate of drug-likeness (QED) is 0.679. The Morgan fingerprint density at radius 1 is 0.875 bits per heavy atom. The summed E-state index contributed by atoms with van der Waals surface area (Å²) in [5, 5.41) is 8.76. The third-order valence-electron chi connectivity index (χ3n) is 1.86. The van der Waals surface area contributed by atoms with Gasteiger partial charge in [-0.1, -0.05) is 17.7 Å². The van der Waals surface area contributed by atoms with Crippen LogP contribution in [-0.2, 0) is 9.59 Å². The standard InChI is InChI=1S/C7H8O.C6H4O2/c1-6-2-4-7(8)5-3-6;7-5-1-2-6(8)4-3-5/h2-5,8H,1H3;1-4H/p+2. The lowest BCUT2D eigenvalue weighted by Gasteiger charge is -1.89. The third kappa shape index (κ3) is 4.37. The van der Waals surface area contributed by atoms with Gasteiger partial charge < -0.3 is 5.11 Å². The molecule has 0 saturated heterocycles. The van der Waals surface area contributed by atoms with E-state index in [1.807, 2.05) is 19.1 Å². The molecular weight excluding hydrogens is 204 g/mol. The van der Waals surface area contributed by atoms with Crippen LogP contribution in [0.4, 0.5) is 0 Å². The summed E-state index contributed by atoms with van der Waals surface area (Å²) in [5.41, 5.74) is 1.17. The van der Waals surface area contributed by atoms with E-state index in [1.165, 1.54) is 29.9 Å². The lowest BCUT2D eigenvalue weighted by atomic mass is 10.2. The molecule has 0 aromatic heterocycles. The number of aryl methyl sites for hydroxylation is 1. The number of ketones is 2. The molecule has 16 heavy (non-hydrogen) atoms. The fourth-order valence-electron chi connectivity index (χ4n) is 0.984. The maximum Gasteiger partial charge on any atom is 1.00 e. The molecule has 2 rings (SSSR count). The van der Waals surface area contributed by atoms with Crippen molar-refractivity contribution >= 4 is 11.6 Å². The molecule has 3 nitrogen and oxygen atoms in total. The van der Waals surface area contributed by atoms with E-state index in [4.69, 9.17) is 5.11 Å². The van der Waals surface area contributed by atoms with E-state index >= 15 is 0 Å². The molecule has 0 fully saturated rings. The summed E-state index contributed by atoms with van der Waals surface area (Å²) in [6, 6.07) is 7.09. The summed E-state index contributed by atoms with van der Waals surface area (Å²) in [7, 11) is 0. The van der Waals surface area contributed by atoms with Gasteiger partial charge in [-0.2, -0.15) is 0 Å². The molecule has 0 saturated carbocycles. The van der Waals surface area contributed by atoms with Gasteiger partial charge in [0.2, 0.25) is 0 Å². The highest BCUT2D eigenvalue weighted by molar-refractivity contribution is 6.14. The summed E-state index contributed by atoms with van der Waals surface area (Å²) < 4.78 is 0. The van der Waals surface area contributed by atoms with Crippen molar-refractivity contribution in [2.45, 2.75) is 6.92 Å². The average Bonchev–Trinajstić information content (AvgIpc) is 2.28. The van der Waals surface area contributed by atoms with Crippen molar-refractivity contribution in [1.82, 2.24) is 0 Å². The Morgan fingerprint density at radius 2 is 1.25 bits per heavy atom. The number of benzene rings is 1. The number of hydrogen-bond acceptors (Lipinski definition) is 3. The molecule has 1 aliphatic carbocycles. The summed E-state index contributed by atoms with van der Waals surface area (Å²) in [6.07, 6.45) is 5.01. The molecule has 1 aliphatic rings. The minimum atomic E-state index is -0.121. The predicted octanol–water partition coefficient (Wildman–Crippen LogP) is 2.18. The van der Waals surface area contributed by atoms with Crippen LogP contribution in [0.25, 0.3) is 0 Å². The van der Waals surface area contributed by atoms with Crippen molar-refractivity contribution in [2.75, 3.05) is 0 Å². The van der Waals surface area contributed by atoms with E-state index in [2.05, 4.69) is 0 Å². The average molecular weight is 218 g/mol. The number of phenolic OH excluding ortho intramolecular Hbond substituents is 1. The zero-order valence-corrected chi connectivity index (χ0v) is 8.88. The van der Waals surface area contributed by atoms with Crippen molar-refractivity contribution in [3.8, 4) is 5.75 Å². The fraction of sp³-hybridized carbons (Fsp3) is 0.0769. The number of hydrogen-bond donors (Lipinski definition) is 1. The summed E-state index contributed by atoms with van der Waals surface area (Å²) in [4.78, 5) is 20.6. The molecule has 1 aromatic carbocycles. The first-order valence-corrected chi connectivity index (χ1v) is 4.77. The minimum absolute atomic E-state index is 0. The fourth-order valence-corrected chi connectivity index (χ4v) is 0.984. The molecule has 0 heterocycles. The second kappa shape index (κ2) is 5.66. The molecule has 0 atom stereocenters. The summed E-state index contributed by atoms with van der Waals surface area (Å²) in [5.74, 6) is 0.0878. The molecule has 0 unspecified atom stereocenters. The number of aromatic hydroxyl groups is 1. The second-order valence-electron chi connectivity index (χ2n) is 3.31. The van der Waals surface area contributed by atoms with Crippen LogP contribution >= 0.6 is 0 Å². The minimum Gasteiger partial charge on any atom is -0.508 e. The Kier molecular flexibility index (Phi) is 4.21. The van der Waals surface area contributed by atoms with Crippen LogP contribution < -0.4 is 0 Å². The first-order chi connectivity index (χ1) is 7.58. The molecule has 82 valence electrons. The van der Waals surface area contributed by atoms with Gasteiger partial charge in [-0.05, 0) is 43.4 Å². The van der Waals surface area contributed by atoms with Gasteiger partial charge in [0.1, 0.15) is 5.75 Å². The van der Waals surface area contributed by atoms with Crippen LogP contribution in [0.1, 0.15) is 8.42 Å². The van der Waals surface area contributed by atoms with Gasteiger partial charge in [-0.3, -0.25) is 9.59 Å². The largest absolute Gasteiger partial charge is 1.00 e. The van der Waals surface area contributed by atoms with Crippen molar-refractivity contribution in [1.29, 1.82) is 0 Å². The van der Waals surface area contributed by atoms with E-state index in [-0.39, 0.29) is 14.4 Å². The number of allylic oxidation sites excluding steroid dienone is 4. The van der Waals surface area contributed by atoms with Gasteiger partial charge in [-0.15, -0.1) is 0 Å². The van der Waals surface area contributed by atoms with Crippen LogP contribution in [0.5, 0.6) is 5.75 Å². The molecule has 0 radical (unpaired) electrons. The monoisotopic (exact) mass is 218 g/mol. The molecule has 0 aliphatic heterocycles. The first kappa shape index (κ1) is 11.9. The summed E-state index contributed by atoms with van der Waals surface area (Å²) in [6.45, 7) is 1.99. The number of carbonyl (C=O) groups is 2. The van der Waals surface area contributed by atoms with Gasteiger partial charge in [0.15, 0.2) is 11.6 Å². The van der Waals surface area contributed by atoms with Gasteiger partial charge in [0, 0.05) is 0 Å². The highest BCUT2D eigenvalue weighted by atomic mass is 16.3. The normalized spacial score (nSPS) is 13.3. The van der Waals surface area contributed by atoms with Crippen molar-refractivity contribution in [3.05, 3.63) is 54.1 Å². The van der Waals surface area contributed by atoms with Gasteiger partial charge >= 0.3 is 2.85 Å². The third-order valence-corrected chi connectivity index (χ3v) is 1.86. The SMILES string of the molecule is Cc1ccc(O)cc1.O=C1C=CC(=O)C=C1.[H+].[H+]. The smallest absolute Gasteiger partial charge is 0.508 e. The molecule has 0 amide bonds. The second-order valence-corrected chi connectivity index (χ2v) is 3.31. The van der Waals surface area contributed by atoms with Gasteiger partial charge in [0.25, 0.3) is 0 Å². The molecule has 0 bridgehead atoms. The van der Waals surface area contributed by atoms with Crippen molar-refractivity contribution in [3.63, 3.8) is 0 Å². The lowest BCUT2D eigenvalue weighted by molar-refractivity contribution is -0.113.